The Morgan fingerprint density at radius 1 is 0.848 bits per heavy atom. The van der Waals surface area contributed by atoms with Crippen molar-refractivity contribution >= 4 is 22.5 Å². The van der Waals surface area contributed by atoms with E-state index in [1.54, 1.807) is 0 Å². The molecule has 0 spiro atoms. The van der Waals surface area contributed by atoms with Crippen LogP contribution in [-0.2, 0) is 16.0 Å². The van der Waals surface area contributed by atoms with Gasteiger partial charge in [0.15, 0.2) is 5.78 Å². The summed E-state index contributed by atoms with van der Waals surface area (Å²) in [5.74, 6) is -0.751. The zero-order chi connectivity index (χ0) is 22.9. The van der Waals surface area contributed by atoms with Crippen LogP contribution in [-0.4, -0.2) is 16.6 Å². The maximum Gasteiger partial charge on any atom is 0.236 e. The molecule has 1 aliphatic heterocycles. The Kier molecular flexibility index (Phi) is 5.55. The molecule has 164 valence electrons. The van der Waals surface area contributed by atoms with E-state index in [9.17, 15) is 9.59 Å². The minimum Gasteiger partial charge on any atom is -0.327 e. The number of carbonyl (C=O) groups excluding carboxylic acids is 2. The van der Waals surface area contributed by atoms with E-state index in [4.69, 9.17) is 0 Å². The van der Waals surface area contributed by atoms with Gasteiger partial charge >= 0.3 is 0 Å². The number of fused-ring (bicyclic) bond motifs is 1. The van der Waals surface area contributed by atoms with Gasteiger partial charge in [-0.3, -0.25) is 9.59 Å². The largest absolute Gasteiger partial charge is 0.327 e. The summed E-state index contributed by atoms with van der Waals surface area (Å²) in [6, 6.07) is 32.0. The van der Waals surface area contributed by atoms with E-state index in [0.29, 0.717) is 0 Å². The zero-order valence-corrected chi connectivity index (χ0v) is 18.9. The summed E-state index contributed by atoms with van der Waals surface area (Å²) >= 11 is 0. The van der Waals surface area contributed by atoms with Gasteiger partial charge in [-0.25, -0.2) is 0 Å². The smallest absolute Gasteiger partial charge is 0.236 e. The zero-order valence-electron chi connectivity index (χ0n) is 18.9. The maximum absolute atomic E-state index is 13.6. The highest BCUT2D eigenvalue weighted by Gasteiger charge is 2.53. The van der Waals surface area contributed by atoms with Crippen LogP contribution >= 0.6 is 0 Å². The van der Waals surface area contributed by atoms with Crippen molar-refractivity contribution in [2.24, 2.45) is 5.92 Å². The molecule has 1 saturated heterocycles. The Balaban J connectivity index is 1.48. The van der Waals surface area contributed by atoms with Crippen molar-refractivity contribution < 1.29 is 9.59 Å². The van der Waals surface area contributed by atoms with Gasteiger partial charge in [0.1, 0.15) is 5.92 Å². The third kappa shape index (κ3) is 3.84. The summed E-state index contributed by atoms with van der Waals surface area (Å²) in [7, 11) is 0. The lowest BCUT2D eigenvalue weighted by atomic mass is 9.76. The van der Waals surface area contributed by atoms with Crippen molar-refractivity contribution in [3.8, 4) is 0 Å². The molecule has 0 saturated carbocycles. The summed E-state index contributed by atoms with van der Waals surface area (Å²) in [6.07, 6.45) is 0.258. The number of amides is 1. The monoisotopic (exact) mass is 433 g/mol. The van der Waals surface area contributed by atoms with Gasteiger partial charge < -0.3 is 4.90 Å². The third-order valence-corrected chi connectivity index (χ3v) is 6.85. The highest BCUT2D eigenvalue weighted by Crippen LogP contribution is 2.46. The van der Waals surface area contributed by atoms with Gasteiger partial charge in [-0.15, -0.1) is 0 Å². The van der Waals surface area contributed by atoms with Crippen LogP contribution in [0, 0.1) is 12.8 Å². The molecule has 1 amide bonds. The number of rotatable bonds is 6. The number of aryl methyl sites for hydroxylation is 1. The Morgan fingerprint density at radius 2 is 1.52 bits per heavy atom. The van der Waals surface area contributed by atoms with Gasteiger partial charge in [0.2, 0.25) is 5.91 Å². The normalized spacial score (nSPS) is 18.7. The standard InChI is InChI=1S/C30H27NO2/c1-20-15-17-24(18-16-20)29-28(30(33)31(29)21(2)22-9-4-3-5-10-22)27(32)19-25-13-8-12-23-11-6-7-14-26(23)25/h3-18,21,28-29H,19H2,1-2H3/t21-,28+,29+/m1/s1. The molecule has 0 aliphatic carbocycles. The molecule has 0 radical (unpaired) electrons. The van der Waals surface area contributed by atoms with Crippen molar-refractivity contribution in [1.82, 2.24) is 4.90 Å². The lowest BCUT2D eigenvalue weighted by molar-refractivity contribution is -0.165. The van der Waals surface area contributed by atoms with Crippen molar-refractivity contribution in [3.63, 3.8) is 0 Å². The van der Waals surface area contributed by atoms with E-state index in [1.165, 1.54) is 0 Å². The van der Waals surface area contributed by atoms with Crippen LogP contribution in [0.4, 0.5) is 0 Å². The average molecular weight is 434 g/mol. The van der Waals surface area contributed by atoms with E-state index in [1.807, 2.05) is 79.4 Å². The molecule has 1 fully saturated rings. The van der Waals surface area contributed by atoms with Crippen LogP contribution in [0.3, 0.4) is 0 Å². The first-order chi connectivity index (χ1) is 16.0. The Bertz CT molecular complexity index is 1300. The Labute approximate surface area is 194 Å². The highest BCUT2D eigenvalue weighted by molar-refractivity contribution is 6.08. The lowest BCUT2D eigenvalue weighted by Crippen LogP contribution is -2.58. The molecule has 1 heterocycles. The Morgan fingerprint density at radius 3 is 2.27 bits per heavy atom. The third-order valence-electron chi connectivity index (χ3n) is 6.85. The van der Waals surface area contributed by atoms with Crippen molar-refractivity contribution in [1.29, 1.82) is 0 Å². The van der Waals surface area contributed by atoms with Gasteiger partial charge in [-0.1, -0.05) is 103 Å². The first-order valence-corrected chi connectivity index (χ1v) is 11.5. The van der Waals surface area contributed by atoms with Gasteiger partial charge in [0.25, 0.3) is 0 Å². The SMILES string of the molecule is Cc1ccc([C@H]2[C@H](C(=O)Cc3cccc4ccccc34)C(=O)N2[C@H](C)c2ccccc2)cc1. The van der Waals surface area contributed by atoms with Crippen molar-refractivity contribution in [2.75, 3.05) is 0 Å². The average Bonchev–Trinajstić information content (AvgIpc) is 2.84. The fraction of sp³-hybridized carbons (Fsp3) is 0.200. The number of Topliss-reactive ketones (excluding diaryl/α,β-unsaturated/α-hetero) is 1. The number of hydrogen-bond acceptors (Lipinski definition) is 2. The molecule has 1 aliphatic rings. The summed E-state index contributed by atoms with van der Waals surface area (Å²) in [4.78, 5) is 28.9. The van der Waals surface area contributed by atoms with Crippen LogP contribution in [0.25, 0.3) is 10.8 Å². The van der Waals surface area contributed by atoms with E-state index in [2.05, 4.69) is 36.4 Å². The first kappa shape index (κ1) is 21.1. The van der Waals surface area contributed by atoms with Gasteiger partial charge in [0.05, 0.1) is 12.1 Å². The van der Waals surface area contributed by atoms with E-state index in [-0.39, 0.29) is 30.2 Å². The molecular formula is C30H27NO2. The van der Waals surface area contributed by atoms with Crippen LogP contribution in [0.1, 0.15) is 41.3 Å². The predicted molar refractivity (Wildman–Crippen MR) is 132 cm³/mol. The minimum absolute atomic E-state index is 0.0153. The first-order valence-electron chi connectivity index (χ1n) is 11.5. The number of nitrogens with zero attached hydrogens (tertiary/aromatic N) is 1. The van der Waals surface area contributed by atoms with Gasteiger partial charge in [-0.2, -0.15) is 0 Å². The topological polar surface area (TPSA) is 37.4 Å². The second-order valence-corrected chi connectivity index (χ2v) is 8.95. The number of carbonyl (C=O) groups is 2. The lowest BCUT2D eigenvalue weighted by Gasteiger charge is -2.50. The number of hydrogen-bond donors (Lipinski definition) is 0. The number of likely N-dealkylation sites (tertiary alicyclic amines) is 1. The summed E-state index contributed by atoms with van der Waals surface area (Å²) in [5, 5.41) is 2.18. The van der Waals surface area contributed by atoms with Crippen molar-refractivity contribution in [2.45, 2.75) is 32.4 Å². The second-order valence-electron chi connectivity index (χ2n) is 8.95. The molecule has 3 nitrogen and oxygen atoms in total. The van der Waals surface area contributed by atoms with Crippen LogP contribution in [0.15, 0.2) is 97.1 Å². The summed E-state index contributed by atoms with van der Waals surface area (Å²) in [6.45, 7) is 4.09. The molecule has 33 heavy (non-hydrogen) atoms. The molecule has 4 aromatic rings. The quantitative estimate of drug-likeness (QED) is 0.267. The number of benzene rings is 4. The van der Waals surface area contributed by atoms with Gasteiger partial charge in [-0.05, 0) is 41.3 Å². The van der Waals surface area contributed by atoms with Crippen molar-refractivity contribution in [3.05, 3.63) is 119 Å². The van der Waals surface area contributed by atoms with E-state index in [0.717, 1.165) is 33.0 Å². The summed E-state index contributed by atoms with van der Waals surface area (Å²) in [5.41, 5.74) is 4.22. The second kappa shape index (κ2) is 8.67. The molecule has 3 atom stereocenters. The molecule has 0 aromatic heterocycles. The van der Waals surface area contributed by atoms with Gasteiger partial charge in [0, 0.05) is 6.42 Å². The van der Waals surface area contributed by atoms with Crippen LogP contribution in [0.5, 0.6) is 0 Å². The number of β-lactam (4-membered cyclic amide) rings is 1. The predicted octanol–water partition coefficient (Wildman–Crippen LogP) is 6.22. The van der Waals surface area contributed by atoms with Crippen LogP contribution < -0.4 is 0 Å². The Hall–Kier alpha value is -3.72. The highest BCUT2D eigenvalue weighted by atomic mass is 16.2. The molecule has 0 unspecified atom stereocenters. The molecular weight excluding hydrogens is 406 g/mol. The number of ketones is 1. The minimum atomic E-state index is -0.655. The summed E-state index contributed by atoms with van der Waals surface area (Å²) < 4.78 is 0. The fourth-order valence-electron chi connectivity index (χ4n) is 5.01. The molecule has 4 aromatic carbocycles. The van der Waals surface area contributed by atoms with E-state index >= 15 is 0 Å². The molecule has 0 N–H and O–H groups in total. The molecule has 0 bridgehead atoms. The molecule has 3 heteroatoms. The van der Waals surface area contributed by atoms with Crippen LogP contribution in [0.2, 0.25) is 0 Å². The maximum atomic E-state index is 13.6. The fourth-order valence-corrected chi connectivity index (χ4v) is 5.01. The van der Waals surface area contributed by atoms with E-state index < -0.39 is 5.92 Å². The molecule has 5 rings (SSSR count).